The topological polar surface area (TPSA) is 119 Å². The number of ether oxygens (including phenoxy) is 1. The number of amides is 1. The Bertz CT molecular complexity index is 1370. The number of fused-ring (bicyclic) bond motifs is 1. The zero-order valence-electron chi connectivity index (χ0n) is 17.3. The van der Waals surface area contributed by atoms with Crippen LogP contribution in [-0.2, 0) is 12.1 Å². The Morgan fingerprint density at radius 1 is 1.24 bits per heavy atom. The molecule has 4 aromatic rings. The molecule has 0 saturated carbocycles. The number of aromatic nitrogens is 3. The van der Waals surface area contributed by atoms with Crippen LogP contribution in [0.2, 0.25) is 0 Å². The van der Waals surface area contributed by atoms with E-state index in [2.05, 4.69) is 15.4 Å². The molecule has 0 saturated heterocycles. The highest BCUT2D eigenvalue weighted by Gasteiger charge is 2.34. The zero-order chi connectivity index (χ0) is 23.6. The van der Waals surface area contributed by atoms with E-state index in [0.29, 0.717) is 17.2 Å². The molecule has 0 aliphatic heterocycles. The van der Waals surface area contributed by atoms with Gasteiger partial charge in [-0.05, 0) is 24.3 Å². The van der Waals surface area contributed by atoms with Crippen LogP contribution >= 0.6 is 0 Å². The average Bonchev–Trinajstić information content (AvgIpc) is 3.29. The summed E-state index contributed by atoms with van der Waals surface area (Å²) < 4.78 is 39.4. The molecule has 11 heteroatoms. The predicted molar refractivity (Wildman–Crippen MR) is 112 cm³/mol. The Morgan fingerprint density at radius 3 is 2.76 bits per heavy atom. The van der Waals surface area contributed by atoms with E-state index in [9.17, 15) is 23.5 Å². The lowest BCUT2D eigenvalue weighted by molar-refractivity contribution is 0.0120. The molecule has 2 aromatic carbocycles. The summed E-state index contributed by atoms with van der Waals surface area (Å²) in [5.74, 6) is -2.21. The minimum atomic E-state index is -2.04. The standard InChI is InChI=1S/C22H18F2N4O5/c1-32-15-4-2-13-6-16(21(30)33-19(13)8-15)20(29)26-9-22(31,10-28-12-25-11-27-28)17-5-3-14(23)7-18(17)24/h2-8,11-12,31H,9-10H2,1H3,(H,26,29). The second-order valence-electron chi connectivity index (χ2n) is 7.28. The van der Waals surface area contributed by atoms with Crippen molar-refractivity contribution < 1.29 is 27.8 Å². The maximum atomic E-state index is 14.5. The molecule has 9 nitrogen and oxygen atoms in total. The molecule has 0 aliphatic carbocycles. The SMILES string of the molecule is COc1ccc2cc(C(=O)NCC(O)(Cn3cncn3)c3ccc(F)cc3F)c(=O)oc2c1. The molecule has 1 amide bonds. The fourth-order valence-electron chi connectivity index (χ4n) is 3.38. The van der Waals surface area contributed by atoms with Crippen molar-refractivity contribution in [2.75, 3.05) is 13.7 Å². The molecule has 1 atom stereocenters. The van der Waals surface area contributed by atoms with E-state index in [4.69, 9.17) is 9.15 Å². The van der Waals surface area contributed by atoms with Gasteiger partial charge in [-0.25, -0.2) is 23.2 Å². The summed E-state index contributed by atoms with van der Waals surface area (Å²) >= 11 is 0. The number of benzene rings is 2. The van der Waals surface area contributed by atoms with E-state index in [1.807, 2.05) is 0 Å². The number of hydrogen-bond donors (Lipinski definition) is 2. The zero-order valence-corrected chi connectivity index (χ0v) is 17.3. The van der Waals surface area contributed by atoms with Crippen molar-refractivity contribution in [1.82, 2.24) is 20.1 Å². The van der Waals surface area contributed by atoms with Crippen LogP contribution < -0.4 is 15.7 Å². The summed E-state index contributed by atoms with van der Waals surface area (Å²) in [7, 11) is 1.46. The molecule has 2 heterocycles. The Kier molecular flexibility index (Phi) is 5.88. The summed E-state index contributed by atoms with van der Waals surface area (Å²) in [5.41, 5.74) is -3.29. The number of methoxy groups -OCH3 is 1. The maximum absolute atomic E-state index is 14.5. The average molecular weight is 456 g/mol. The van der Waals surface area contributed by atoms with Crippen molar-refractivity contribution in [3.63, 3.8) is 0 Å². The molecule has 0 spiro atoms. The molecule has 4 rings (SSSR count). The lowest BCUT2D eigenvalue weighted by Crippen LogP contribution is -2.45. The van der Waals surface area contributed by atoms with E-state index in [1.165, 1.54) is 36.6 Å². The van der Waals surface area contributed by atoms with E-state index >= 15 is 0 Å². The lowest BCUT2D eigenvalue weighted by Gasteiger charge is -2.29. The van der Waals surface area contributed by atoms with Crippen LogP contribution in [0.5, 0.6) is 5.75 Å². The van der Waals surface area contributed by atoms with Gasteiger partial charge in [0.25, 0.3) is 5.91 Å². The molecule has 170 valence electrons. The summed E-state index contributed by atoms with van der Waals surface area (Å²) in [6.07, 6.45) is 2.51. The van der Waals surface area contributed by atoms with Crippen LogP contribution in [0.15, 0.2) is 64.3 Å². The Hall–Kier alpha value is -4.12. The molecule has 2 N–H and O–H groups in total. The van der Waals surface area contributed by atoms with E-state index < -0.39 is 35.3 Å². The van der Waals surface area contributed by atoms with Crippen molar-refractivity contribution in [2.24, 2.45) is 0 Å². The number of carbonyl (C=O) groups is 1. The molecule has 0 radical (unpaired) electrons. The van der Waals surface area contributed by atoms with Crippen molar-refractivity contribution in [3.8, 4) is 5.75 Å². The summed E-state index contributed by atoms with van der Waals surface area (Å²) in [5, 5.41) is 18.0. The first-order valence-electron chi connectivity index (χ1n) is 9.69. The number of hydrogen-bond acceptors (Lipinski definition) is 7. The number of rotatable bonds is 7. The Labute approximate surface area is 185 Å². The third-order valence-corrected chi connectivity index (χ3v) is 5.05. The van der Waals surface area contributed by atoms with E-state index in [-0.39, 0.29) is 23.3 Å². The molecule has 1 unspecified atom stereocenters. The molecule has 0 fully saturated rings. The van der Waals surface area contributed by atoms with Crippen LogP contribution in [-0.4, -0.2) is 39.4 Å². The summed E-state index contributed by atoms with van der Waals surface area (Å²) in [6, 6.07) is 8.78. The van der Waals surface area contributed by atoms with Gasteiger partial charge in [0.05, 0.1) is 20.2 Å². The molecular formula is C22H18F2N4O5. The van der Waals surface area contributed by atoms with E-state index in [0.717, 1.165) is 12.1 Å². The molecule has 0 aliphatic rings. The van der Waals surface area contributed by atoms with Crippen molar-refractivity contribution >= 4 is 16.9 Å². The largest absolute Gasteiger partial charge is 0.497 e. The van der Waals surface area contributed by atoms with Crippen molar-refractivity contribution in [2.45, 2.75) is 12.1 Å². The first-order valence-corrected chi connectivity index (χ1v) is 9.69. The van der Waals surface area contributed by atoms with Gasteiger partial charge in [-0.2, -0.15) is 5.10 Å². The number of nitrogens with one attached hydrogen (secondary N) is 1. The van der Waals surface area contributed by atoms with Crippen LogP contribution in [0.3, 0.4) is 0 Å². The molecular weight excluding hydrogens is 438 g/mol. The van der Waals surface area contributed by atoms with Gasteiger partial charge in [0.2, 0.25) is 0 Å². The molecule has 33 heavy (non-hydrogen) atoms. The van der Waals surface area contributed by atoms with Gasteiger partial charge >= 0.3 is 5.63 Å². The smallest absolute Gasteiger partial charge is 0.349 e. The number of halogens is 2. The predicted octanol–water partition coefficient (Wildman–Crippen LogP) is 1.99. The fourth-order valence-corrected chi connectivity index (χ4v) is 3.38. The third kappa shape index (κ3) is 4.58. The van der Waals surface area contributed by atoms with Gasteiger partial charge in [0, 0.05) is 23.1 Å². The number of nitrogens with zero attached hydrogens (tertiary/aromatic N) is 3. The fraction of sp³-hybridized carbons (Fsp3) is 0.182. The summed E-state index contributed by atoms with van der Waals surface area (Å²) in [4.78, 5) is 28.9. The Balaban J connectivity index is 1.63. The highest BCUT2D eigenvalue weighted by molar-refractivity contribution is 5.96. The van der Waals surface area contributed by atoms with Gasteiger partial charge in [-0.15, -0.1) is 0 Å². The minimum absolute atomic E-state index is 0.229. The van der Waals surface area contributed by atoms with Gasteiger partial charge < -0.3 is 19.6 Å². The molecule has 0 bridgehead atoms. The number of aliphatic hydroxyl groups is 1. The quantitative estimate of drug-likeness (QED) is 0.408. The first-order chi connectivity index (χ1) is 15.8. The highest BCUT2D eigenvalue weighted by atomic mass is 19.1. The second kappa shape index (κ2) is 8.79. The van der Waals surface area contributed by atoms with Crippen LogP contribution in [0.4, 0.5) is 8.78 Å². The van der Waals surface area contributed by atoms with Crippen LogP contribution in [0.25, 0.3) is 11.0 Å². The maximum Gasteiger partial charge on any atom is 0.349 e. The Morgan fingerprint density at radius 2 is 2.06 bits per heavy atom. The van der Waals surface area contributed by atoms with Gasteiger partial charge in [0.15, 0.2) is 0 Å². The van der Waals surface area contributed by atoms with Gasteiger partial charge in [-0.3, -0.25) is 4.79 Å². The second-order valence-corrected chi connectivity index (χ2v) is 7.28. The number of carbonyl (C=O) groups excluding carboxylic acids is 1. The summed E-state index contributed by atoms with van der Waals surface area (Å²) in [6.45, 7) is -0.823. The van der Waals surface area contributed by atoms with Crippen molar-refractivity contribution in [3.05, 3.63) is 88.3 Å². The highest BCUT2D eigenvalue weighted by Crippen LogP contribution is 2.26. The monoisotopic (exact) mass is 456 g/mol. The molecule has 2 aromatic heterocycles. The van der Waals surface area contributed by atoms with Gasteiger partial charge in [0.1, 0.15) is 46.8 Å². The third-order valence-electron chi connectivity index (χ3n) is 5.05. The normalized spacial score (nSPS) is 13.0. The van der Waals surface area contributed by atoms with Crippen LogP contribution in [0, 0.1) is 11.6 Å². The minimum Gasteiger partial charge on any atom is -0.497 e. The van der Waals surface area contributed by atoms with Gasteiger partial charge in [-0.1, -0.05) is 6.07 Å². The van der Waals surface area contributed by atoms with Crippen LogP contribution in [0.1, 0.15) is 15.9 Å². The lowest BCUT2D eigenvalue weighted by atomic mass is 9.92. The van der Waals surface area contributed by atoms with Crippen molar-refractivity contribution in [1.29, 1.82) is 0 Å². The van der Waals surface area contributed by atoms with E-state index in [1.54, 1.807) is 12.1 Å². The first kappa shape index (κ1) is 22.1.